The Morgan fingerprint density at radius 2 is 1.81 bits per heavy atom. The van der Waals surface area contributed by atoms with Crippen LogP contribution in [0.3, 0.4) is 0 Å². The average Bonchev–Trinajstić information content (AvgIpc) is 3.18. The monoisotopic (exact) mass is 505 g/mol. The molecule has 0 radical (unpaired) electrons. The summed E-state index contributed by atoms with van der Waals surface area (Å²) < 4.78 is 27.7. The van der Waals surface area contributed by atoms with E-state index < -0.39 is 10.0 Å². The van der Waals surface area contributed by atoms with Crippen LogP contribution in [-0.4, -0.2) is 62.4 Å². The van der Waals surface area contributed by atoms with Crippen LogP contribution in [0.5, 0.6) is 0 Å². The van der Waals surface area contributed by atoms with E-state index in [9.17, 15) is 8.42 Å². The lowest BCUT2D eigenvalue weighted by Gasteiger charge is -2.29. The van der Waals surface area contributed by atoms with Crippen molar-refractivity contribution in [2.24, 2.45) is 0 Å². The van der Waals surface area contributed by atoms with E-state index in [4.69, 9.17) is 4.98 Å². The van der Waals surface area contributed by atoms with Gasteiger partial charge in [-0.3, -0.25) is 4.31 Å². The minimum absolute atomic E-state index is 0.482. The Kier molecular flexibility index (Phi) is 6.55. The fourth-order valence-electron chi connectivity index (χ4n) is 4.54. The van der Waals surface area contributed by atoms with Crippen LogP contribution in [-0.2, 0) is 16.6 Å². The maximum atomic E-state index is 12.2. The molecule has 36 heavy (non-hydrogen) atoms. The number of para-hydroxylation sites is 1. The number of aromatic nitrogens is 3. The molecule has 3 heterocycles. The summed E-state index contributed by atoms with van der Waals surface area (Å²) in [6.07, 6.45) is 5.07. The van der Waals surface area contributed by atoms with E-state index in [0.29, 0.717) is 18.2 Å². The first-order valence-corrected chi connectivity index (χ1v) is 13.8. The zero-order chi connectivity index (χ0) is 25.3. The van der Waals surface area contributed by atoms with Crippen LogP contribution >= 0.6 is 0 Å². The number of sulfonamides is 1. The number of anilines is 4. The van der Waals surface area contributed by atoms with E-state index in [1.807, 2.05) is 60.3 Å². The predicted molar refractivity (Wildman–Crippen MR) is 146 cm³/mol. The van der Waals surface area contributed by atoms with Crippen molar-refractivity contribution in [1.29, 1.82) is 0 Å². The molecule has 0 aliphatic carbocycles. The van der Waals surface area contributed by atoms with Gasteiger partial charge in [-0.2, -0.15) is 4.98 Å². The van der Waals surface area contributed by atoms with Gasteiger partial charge < -0.3 is 20.1 Å². The number of nitrogens with one attached hydrogen (secondary N) is 2. The normalized spacial score (nSPS) is 14.2. The van der Waals surface area contributed by atoms with Gasteiger partial charge in [-0.25, -0.2) is 13.4 Å². The molecular formula is C26H31N7O2S. The SMILES string of the molecule is Cc1cn(Cc2ccccc2N(C)S(C)(=O)=O)c2nc(Nc3ccc(N4CCNCC4)cc3)ncc12. The van der Waals surface area contributed by atoms with Crippen molar-refractivity contribution in [2.45, 2.75) is 13.5 Å². The third kappa shape index (κ3) is 5.00. The second kappa shape index (κ2) is 9.79. The van der Waals surface area contributed by atoms with Gasteiger partial charge in [-0.15, -0.1) is 0 Å². The second-order valence-electron chi connectivity index (χ2n) is 9.14. The van der Waals surface area contributed by atoms with Crippen LogP contribution in [0, 0.1) is 6.92 Å². The van der Waals surface area contributed by atoms with Crippen LogP contribution in [0.15, 0.2) is 60.9 Å². The largest absolute Gasteiger partial charge is 0.369 e. The third-order valence-electron chi connectivity index (χ3n) is 6.59. The fraction of sp³-hybridized carbons (Fsp3) is 0.308. The van der Waals surface area contributed by atoms with E-state index >= 15 is 0 Å². The Balaban J connectivity index is 1.41. The number of hydrogen-bond acceptors (Lipinski definition) is 7. The van der Waals surface area contributed by atoms with Crippen molar-refractivity contribution in [1.82, 2.24) is 19.9 Å². The molecule has 188 valence electrons. The van der Waals surface area contributed by atoms with Gasteiger partial charge in [0.1, 0.15) is 5.65 Å². The summed E-state index contributed by atoms with van der Waals surface area (Å²) >= 11 is 0. The van der Waals surface area contributed by atoms with Crippen molar-refractivity contribution in [3.8, 4) is 0 Å². The fourth-order valence-corrected chi connectivity index (χ4v) is 5.07. The number of piperazine rings is 1. The Labute approximate surface area is 211 Å². The van der Waals surface area contributed by atoms with Crippen molar-refractivity contribution >= 4 is 44.1 Å². The highest BCUT2D eigenvalue weighted by molar-refractivity contribution is 7.92. The van der Waals surface area contributed by atoms with E-state index in [-0.39, 0.29) is 0 Å². The van der Waals surface area contributed by atoms with Gasteiger partial charge in [0.25, 0.3) is 0 Å². The number of benzene rings is 2. The van der Waals surface area contributed by atoms with Gasteiger partial charge in [0.2, 0.25) is 16.0 Å². The van der Waals surface area contributed by atoms with Crippen LogP contribution in [0.4, 0.5) is 23.0 Å². The zero-order valence-corrected chi connectivity index (χ0v) is 21.6. The lowest BCUT2D eigenvalue weighted by atomic mass is 10.2. The third-order valence-corrected chi connectivity index (χ3v) is 7.78. The highest BCUT2D eigenvalue weighted by Gasteiger charge is 2.17. The first kappa shape index (κ1) is 24.1. The molecule has 9 nitrogen and oxygen atoms in total. The van der Waals surface area contributed by atoms with Gasteiger partial charge in [0, 0.05) is 62.4 Å². The molecule has 1 aliphatic rings. The van der Waals surface area contributed by atoms with Crippen molar-refractivity contribution in [3.05, 3.63) is 72.1 Å². The number of hydrogen-bond donors (Lipinski definition) is 2. The molecule has 2 aromatic carbocycles. The van der Waals surface area contributed by atoms with Crippen molar-refractivity contribution in [2.75, 3.05) is 54.0 Å². The second-order valence-corrected chi connectivity index (χ2v) is 11.2. The van der Waals surface area contributed by atoms with Crippen LogP contribution in [0.25, 0.3) is 11.0 Å². The van der Waals surface area contributed by atoms with Crippen LogP contribution < -0.4 is 19.8 Å². The molecule has 1 saturated heterocycles. The van der Waals surface area contributed by atoms with Gasteiger partial charge in [0.15, 0.2) is 0 Å². The lowest BCUT2D eigenvalue weighted by molar-refractivity contribution is 0.589. The summed E-state index contributed by atoms with van der Waals surface area (Å²) in [5, 5.41) is 7.66. The topological polar surface area (TPSA) is 95.4 Å². The molecule has 0 saturated carbocycles. The van der Waals surface area contributed by atoms with Gasteiger partial charge in [-0.1, -0.05) is 18.2 Å². The molecule has 5 rings (SSSR count). The zero-order valence-electron chi connectivity index (χ0n) is 20.8. The highest BCUT2D eigenvalue weighted by Crippen LogP contribution is 2.27. The predicted octanol–water partition coefficient (Wildman–Crippen LogP) is 3.34. The quantitative estimate of drug-likeness (QED) is 0.398. The molecule has 0 bridgehead atoms. The van der Waals surface area contributed by atoms with Crippen molar-refractivity contribution in [3.63, 3.8) is 0 Å². The average molecular weight is 506 g/mol. The first-order chi connectivity index (χ1) is 17.3. The minimum Gasteiger partial charge on any atom is -0.369 e. The number of nitrogens with zero attached hydrogens (tertiary/aromatic N) is 5. The number of aryl methyl sites for hydroxylation is 1. The summed E-state index contributed by atoms with van der Waals surface area (Å²) in [7, 11) is -1.80. The molecule has 2 N–H and O–H groups in total. The molecule has 1 aliphatic heterocycles. The maximum Gasteiger partial charge on any atom is 0.232 e. The van der Waals surface area contributed by atoms with Crippen LogP contribution in [0.1, 0.15) is 11.1 Å². The first-order valence-electron chi connectivity index (χ1n) is 12.0. The van der Waals surface area contributed by atoms with Crippen molar-refractivity contribution < 1.29 is 8.42 Å². The highest BCUT2D eigenvalue weighted by atomic mass is 32.2. The molecule has 0 unspecified atom stereocenters. The molecule has 4 aromatic rings. The van der Waals surface area contributed by atoms with E-state index in [1.54, 1.807) is 7.05 Å². The van der Waals surface area contributed by atoms with Gasteiger partial charge in [-0.05, 0) is 48.4 Å². The Hall–Kier alpha value is -3.63. The maximum absolute atomic E-state index is 12.2. The lowest BCUT2D eigenvalue weighted by Crippen LogP contribution is -2.43. The van der Waals surface area contributed by atoms with Gasteiger partial charge in [0.05, 0.1) is 18.5 Å². The molecule has 0 atom stereocenters. The Bertz CT molecular complexity index is 1480. The van der Waals surface area contributed by atoms with Crippen LogP contribution in [0.2, 0.25) is 0 Å². The summed E-state index contributed by atoms with van der Waals surface area (Å²) in [5.41, 5.74) is 5.52. The van der Waals surface area contributed by atoms with E-state index in [1.165, 1.54) is 16.2 Å². The minimum atomic E-state index is -3.38. The molecule has 0 amide bonds. The number of rotatable bonds is 7. The standard InChI is InChI=1S/C26H31N7O2S/c1-19-17-33(18-20-6-4-5-7-24(20)31(2)36(3,34)35)25-23(19)16-28-26(30-25)29-21-8-10-22(11-9-21)32-14-12-27-13-15-32/h4-11,16-17,27H,12-15,18H2,1-3H3,(H,28,29,30). The Morgan fingerprint density at radius 1 is 1.08 bits per heavy atom. The molecule has 0 spiro atoms. The summed E-state index contributed by atoms with van der Waals surface area (Å²) in [5.74, 6) is 0.512. The molecule has 2 aromatic heterocycles. The molecular weight excluding hydrogens is 474 g/mol. The summed E-state index contributed by atoms with van der Waals surface area (Å²) in [6, 6.07) is 15.9. The Morgan fingerprint density at radius 3 is 2.53 bits per heavy atom. The number of fused-ring (bicyclic) bond motifs is 1. The van der Waals surface area contributed by atoms with Gasteiger partial charge >= 0.3 is 0 Å². The molecule has 10 heteroatoms. The van der Waals surface area contributed by atoms with E-state index in [2.05, 4.69) is 32.7 Å². The van der Waals surface area contributed by atoms with E-state index in [0.717, 1.165) is 54.0 Å². The summed E-state index contributed by atoms with van der Waals surface area (Å²) in [6.45, 7) is 6.52. The smallest absolute Gasteiger partial charge is 0.232 e. The summed E-state index contributed by atoms with van der Waals surface area (Å²) in [4.78, 5) is 11.7. The molecule has 1 fully saturated rings.